The number of sulfonamides is 1. The molecule has 5 nitrogen and oxygen atoms in total. The second-order valence-electron chi connectivity index (χ2n) is 5.05. The van der Waals surface area contributed by atoms with Gasteiger partial charge in [0.25, 0.3) is 0 Å². The number of nitrogens with zero attached hydrogens (tertiary/aromatic N) is 1. The van der Waals surface area contributed by atoms with E-state index in [9.17, 15) is 8.42 Å². The van der Waals surface area contributed by atoms with Crippen molar-refractivity contribution < 1.29 is 13.5 Å². The smallest absolute Gasteiger partial charge is 0.250 e. The minimum atomic E-state index is -3.43. The molecule has 0 amide bonds. The molecule has 1 fully saturated rings. The number of likely N-dealkylation sites (N-methyl/N-ethyl adjacent to an activating group) is 1. The van der Waals surface area contributed by atoms with E-state index < -0.39 is 10.0 Å². The van der Waals surface area contributed by atoms with Crippen LogP contribution in [-0.2, 0) is 16.4 Å². The van der Waals surface area contributed by atoms with Crippen LogP contribution in [0, 0.1) is 0 Å². The SMILES string of the molecule is CCN1CCCC(NS(=O)(=O)c2ccc(CCO)s2)C1. The largest absolute Gasteiger partial charge is 0.396 e. The summed E-state index contributed by atoms with van der Waals surface area (Å²) in [5.41, 5.74) is 0. The maximum Gasteiger partial charge on any atom is 0.250 e. The van der Waals surface area contributed by atoms with Gasteiger partial charge in [0.05, 0.1) is 0 Å². The quantitative estimate of drug-likeness (QED) is 0.822. The average Bonchev–Trinajstić information content (AvgIpc) is 2.88. The van der Waals surface area contributed by atoms with Crippen LogP contribution in [0.4, 0.5) is 0 Å². The van der Waals surface area contributed by atoms with E-state index in [-0.39, 0.29) is 12.6 Å². The van der Waals surface area contributed by atoms with Crippen LogP contribution in [-0.4, -0.2) is 50.7 Å². The van der Waals surface area contributed by atoms with Gasteiger partial charge in [0, 0.05) is 30.5 Å². The lowest BCUT2D eigenvalue weighted by Gasteiger charge is -2.31. The van der Waals surface area contributed by atoms with Crippen molar-refractivity contribution in [3.05, 3.63) is 17.0 Å². The molecule has 1 aliphatic heterocycles. The monoisotopic (exact) mass is 318 g/mol. The van der Waals surface area contributed by atoms with Gasteiger partial charge in [0.2, 0.25) is 10.0 Å². The van der Waals surface area contributed by atoms with E-state index in [4.69, 9.17) is 5.11 Å². The van der Waals surface area contributed by atoms with Crippen LogP contribution < -0.4 is 4.72 Å². The third-order valence-corrected chi connectivity index (χ3v) is 6.69. The van der Waals surface area contributed by atoms with Crippen molar-refractivity contribution in [3.8, 4) is 0 Å². The summed E-state index contributed by atoms with van der Waals surface area (Å²) in [4.78, 5) is 3.16. The number of aliphatic hydroxyl groups is 1. The summed E-state index contributed by atoms with van der Waals surface area (Å²) in [7, 11) is -3.43. The van der Waals surface area contributed by atoms with Gasteiger partial charge < -0.3 is 10.0 Å². The number of aliphatic hydroxyl groups excluding tert-OH is 1. The van der Waals surface area contributed by atoms with Crippen LogP contribution in [0.3, 0.4) is 0 Å². The first-order valence-electron chi connectivity index (χ1n) is 6.99. The van der Waals surface area contributed by atoms with Gasteiger partial charge in [-0.1, -0.05) is 6.92 Å². The second-order valence-corrected chi connectivity index (χ2v) is 8.16. The summed E-state index contributed by atoms with van der Waals surface area (Å²) in [6.45, 7) is 4.93. The Morgan fingerprint density at radius 1 is 1.50 bits per heavy atom. The Bertz CT molecular complexity index is 527. The predicted molar refractivity (Wildman–Crippen MR) is 80.6 cm³/mol. The highest BCUT2D eigenvalue weighted by Gasteiger charge is 2.25. The molecule has 20 heavy (non-hydrogen) atoms. The molecule has 2 N–H and O–H groups in total. The highest BCUT2D eigenvalue weighted by molar-refractivity contribution is 7.91. The van der Waals surface area contributed by atoms with Crippen LogP contribution in [0.1, 0.15) is 24.6 Å². The van der Waals surface area contributed by atoms with Crippen LogP contribution >= 0.6 is 11.3 Å². The molecule has 0 spiro atoms. The van der Waals surface area contributed by atoms with E-state index in [1.165, 1.54) is 11.3 Å². The van der Waals surface area contributed by atoms with Crippen LogP contribution in [0.15, 0.2) is 16.3 Å². The highest BCUT2D eigenvalue weighted by atomic mass is 32.2. The van der Waals surface area contributed by atoms with Crippen molar-refractivity contribution in [3.63, 3.8) is 0 Å². The van der Waals surface area contributed by atoms with Crippen LogP contribution in [0.2, 0.25) is 0 Å². The van der Waals surface area contributed by atoms with E-state index in [1.807, 2.05) is 0 Å². The topological polar surface area (TPSA) is 69.6 Å². The molecule has 2 heterocycles. The van der Waals surface area contributed by atoms with Crippen LogP contribution in [0.5, 0.6) is 0 Å². The van der Waals surface area contributed by atoms with Gasteiger partial charge in [-0.2, -0.15) is 0 Å². The van der Waals surface area contributed by atoms with Gasteiger partial charge in [0.15, 0.2) is 0 Å². The van der Waals surface area contributed by atoms with E-state index in [0.29, 0.717) is 10.6 Å². The molecular formula is C13H22N2O3S2. The Morgan fingerprint density at radius 2 is 2.30 bits per heavy atom. The Labute approximate surface area is 124 Å². The molecule has 1 unspecified atom stereocenters. The zero-order chi connectivity index (χ0) is 14.6. The first-order chi connectivity index (χ1) is 9.55. The maximum atomic E-state index is 12.3. The molecule has 1 saturated heterocycles. The van der Waals surface area contributed by atoms with Gasteiger partial charge in [-0.25, -0.2) is 13.1 Å². The molecular weight excluding hydrogens is 296 g/mol. The molecule has 2 rings (SSSR count). The summed E-state index contributed by atoms with van der Waals surface area (Å²) >= 11 is 1.24. The summed E-state index contributed by atoms with van der Waals surface area (Å²) in [6, 6.07) is 3.39. The zero-order valence-electron chi connectivity index (χ0n) is 11.7. The molecule has 1 aromatic rings. The third-order valence-electron chi connectivity index (χ3n) is 3.53. The lowest BCUT2D eigenvalue weighted by Crippen LogP contribution is -2.47. The first kappa shape index (κ1) is 15.9. The van der Waals surface area contributed by atoms with E-state index in [1.54, 1.807) is 12.1 Å². The molecule has 7 heteroatoms. The van der Waals surface area contributed by atoms with E-state index in [0.717, 1.165) is 37.4 Å². The first-order valence-corrected chi connectivity index (χ1v) is 9.29. The predicted octanol–water partition coefficient (Wildman–Crippen LogP) is 1.05. The fourth-order valence-corrected chi connectivity index (χ4v) is 5.09. The normalized spacial score (nSPS) is 21.2. The summed E-state index contributed by atoms with van der Waals surface area (Å²) < 4.78 is 27.8. The standard InChI is InChI=1S/C13H22N2O3S2/c1-2-15-8-3-4-11(10-15)14-20(17,18)13-6-5-12(19-13)7-9-16/h5-6,11,14,16H,2-4,7-10H2,1H3. The molecule has 0 radical (unpaired) electrons. The van der Waals surface area contributed by atoms with Crippen LogP contribution in [0.25, 0.3) is 0 Å². The number of hydrogen-bond donors (Lipinski definition) is 2. The van der Waals surface area contributed by atoms with Crippen molar-refractivity contribution in [2.45, 2.75) is 36.4 Å². The van der Waals surface area contributed by atoms with Crippen molar-refractivity contribution >= 4 is 21.4 Å². The van der Waals surface area contributed by atoms with Crippen molar-refractivity contribution in [1.29, 1.82) is 0 Å². The Morgan fingerprint density at radius 3 is 3.00 bits per heavy atom. The van der Waals surface area contributed by atoms with E-state index in [2.05, 4.69) is 16.5 Å². The number of nitrogens with one attached hydrogen (secondary N) is 1. The van der Waals surface area contributed by atoms with Crippen molar-refractivity contribution in [2.75, 3.05) is 26.2 Å². The number of rotatable bonds is 6. The minimum absolute atomic E-state index is 0.00269. The van der Waals surface area contributed by atoms with Gasteiger partial charge >= 0.3 is 0 Å². The Kier molecular flexibility index (Phi) is 5.57. The lowest BCUT2D eigenvalue weighted by molar-refractivity contribution is 0.211. The Hall–Kier alpha value is -0.470. The van der Waals surface area contributed by atoms with Gasteiger partial charge in [0.1, 0.15) is 4.21 Å². The minimum Gasteiger partial charge on any atom is -0.396 e. The molecule has 0 bridgehead atoms. The van der Waals surface area contributed by atoms with Crippen molar-refractivity contribution in [1.82, 2.24) is 9.62 Å². The molecule has 1 atom stereocenters. The Balaban J connectivity index is 2.02. The van der Waals surface area contributed by atoms with Crippen molar-refractivity contribution in [2.24, 2.45) is 0 Å². The number of thiophene rings is 1. The average molecular weight is 318 g/mol. The van der Waals surface area contributed by atoms with Gasteiger partial charge in [-0.05, 0) is 38.1 Å². The molecule has 1 aromatic heterocycles. The molecule has 0 saturated carbocycles. The maximum absolute atomic E-state index is 12.3. The molecule has 1 aliphatic rings. The second kappa shape index (κ2) is 7.00. The van der Waals surface area contributed by atoms with Gasteiger partial charge in [-0.15, -0.1) is 11.3 Å². The molecule has 114 valence electrons. The summed E-state index contributed by atoms with van der Waals surface area (Å²) in [5.74, 6) is 0. The zero-order valence-corrected chi connectivity index (χ0v) is 13.3. The molecule has 0 aromatic carbocycles. The fourth-order valence-electron chi connectivity index (χ4n) is 2.46. The lowest BCUT2D eigenvalue weighted by atomic mass is 10.1. The molecule has 0 aliphatic carbocycles. The van der Waals surface area contributed by atoms with E-state index >= 15 is 0 Å². The highest BCUT2D eigenvalue weighted by Crippen LogP contribution is 2.23. The van der Waals surface area contributed by atoms with Gasteiger partial charge in [-0.3, -0.25) is 0 Å². The fraction of sp³-hybridized carbons (Fsp3) is 0.692. The third kappa shape index (κ3) is 4.02. The number of piperidine rings is 1. The summed E-state index contributed by atoms with van der Waals surface area (Å²) in [5, 5.41) is 8.89. The summed E-state index contributed by atoms with van der Waals surface area (Å²) in [6.07, 6.45) is 2.43. The number of likely N-dealkylation sites (tertiary alicyclic amines) is 1. The number of hydrogen-bond acceptors (Lipinski definition) is 5.